The molecule has 0 spiro atoms. The summed E-state index contributed by atoms with van der Waals surface area (Å²) in [6.45, 7) is 4.05. The molecule has 0 radical (unpaired) electrons. The van der Waals surface area contributed by atoms with Crippen molar-refractivity contribution < 1.29 is 9.53 Å². The molecular weight excluding hydrogens is 350 g/mol. The molecule has 1 aliphatic rings. The molecule has 0 atom stereocenters. The van der Waals surface area contributed by atoms with E-state index in [0.717, 1.165) is 44.2 Å². The van der Waals surface area contributed by atoms with Crippen molar-refractivity contribution in [1.82, 2.24) is 14.8 Å². The van der Waals surface area contributed by atoms with Gasteiger partial charge in [0.1, 0.15) is 11.5 Å². The number of carbonyl (C=O) groups is 1. The lowest BCUT2D eigenvalue weighted by atomic mass is 10.1. The minimum absolute atomic E-state index is 0.0836. The second kappa shape index (κ2) is 8.67. The maximum Gasteiger partial charge on any atom is 0.254 e. The van der Waals surface area contributed by atoms with Crippen molar-refractivity contribution in [2.24, 2.45) is 0 Å². The molecule has 5 nitrogen and oxygen atoms in total. The Kier molecular flexibility index (Phi) is 5.64. The summed E-state index contributed by atoms with van der Waals surface area (Å²) in [5.41, 5.74) is 1.91. The smallest absolute Gasteiger partial charge is 0.254 e. The first kappa shape index (κ1) is 18.2. The van der Waals surface area contributed by atoms with E-state index in [2.05, 4.69) is 22.0 Å². The SMILES string of the molecule is O=C(c1ccncc1)N1CCN(Cc2cccc(Oc3ccccc3)c2)CC1. The van der Waals surface area contributed by atoms with Crippen LogP contribution in [0.3, 0.4) is 0 Å². The zero-order valence-corrected chi connectivity index (χ0v) is 15.7. The predicted octanol–water partition coefficient (Wildman–Crippen LogP) is 3.83. The third-order valence-electron chi connectivity index (χ3n) is 4.87. The largest absolute Gasteiger partial charge is 0.457 e. The van der Waals surface area contributed by atoms with Crippen LogP contribution in [0.25, 0.3) is 0 Å². The van der Waals surface area contributed by atoms with E-state index in [1.807, 2.05) is 47.4 Å². The Morgan fingerprint density at radius 2 is 1.57 bits per heavy atom. The highest BCUT2D eigenvalue weighted by Crippen LogP contribution is 2.22. The molecular formula is C23H23N3O2. The Bertz CT molecular complexity index is 907. The zero-order valence-electron chi connectivity index (χ0n) is 15.7. The number of hydrogen-bond acceptors (Lipinski definition) is 4. The van der Waals surface area contributed by atoms with Crippen LogP contribution in [0.1, 0.15) is 15.9 Å². The number of amides is 1. The van der Waals surface area contributed by atoms with Crippen LogP contribution in [0, 0.1) is 0 Å². The Balaban J connectivity index is 1.32. The number of carbonyl (C=O) groups excluding carboxylic acids is 1. The molecule has 5 heteroatoms. The third-order valence-corrected chi connectivity index (χ3v) is 4.87. The molecule has 2 aromatic carbocycles. The number of hydrogen-bond donors (Lipinski definition) is 0. The number of ether oxygens (including phenoxy) is 1. The topological polar surface area (TPSA) is 45.7 Å². The molecule has 0 unspecified atom stereocenters. The lowest BCUT2D eigenvalue weighted by molar-refractivity contribution is 0.0628. The van der Waals surface area contributed by atoms with Gasteiger partial charge in [-0.2, -0.15) is 0 Å². The summed E-state index contributed by atoms with van der Waals surface area (Å²) in [5, 5.41) is 0. The first-order chi connectivity index (χ1) is 13.8. The molecule has 0 bridgehead atoms. The average Bonchev–Trinajstić information content (AvgIpc) is 2.75. The van der Waals surface area contributed by atoms with E-state index < -0.39 is 0 Å². The number of rotatable bonds is 5. The lowest BCUT2D eigenvalue weighted by Gasteiger charge is -2.34. The minimum atomic E-state index is 0.0836. The van der Waals surface area contributed by atoms with E-state index in [4.69, 9.17) is 4.74 Å². The summed E-state index contributed by atoms with van der Waals surface area (Å²) in [7, 11) is 0. The van der Waals surface area contributed by atoms with Gasteiger partial charge in [0.05, 0.1) is 0 Å². The van der Waals surface area contributed by atoms with E-state index in [9.17, 15) is 4.79 Å². The molecule has 1 aromatic heterocycles. The second-order valence-electron chi connectivity index (χ2n) is 6.87. The van der Waals surface area contributed by atoms with Crippen molar-refractivity contribution in [3.05, 3.63) is 90.3 Å². The van der Waals surface area contributed by atoms with Crippen LogP contribution in [-0.4, -0.2) is 46.9 Å². The van der Waals surface area contributed by atoms with Gasteiger partial charge in [-0.3, -0.25) is 14.7 Å². The van der Waals surface area contributed by atoms with E-state index in [-0.39, 0.29) is 5.91 Å². The van der Waals surface area contributed by atoms with Gasteiger partial charge in [0.2, 0.25) is 0 Å². The van der Waals surface area contributed by atoms with Gasteiger partial charge < -0.3 is 9.64 Å². The summed E-state index contributed by atoms with van der Waals surface area (Å²) in [6.07, 6.45) is 3.32. The molecule has 142 valence electrons. The molecule has 0 aliphatic carbocycles. The Morgan fingerprint density at radius 3 is 2.32 bits per heavy atom. The van der Waals surface area contributed by atoms with Gasteiger partial charge in [0.15, 0.2) is 0 Å². The van der Waals surface area contributed by atoms with Crippen molar-refractivity contribution in [2.45, 2.75) is 6.54 Å². The van der Waals surface area contributed by atoms with Gasteiger partial charge >= 0.3 is 0 Å². The molecule has 28 heavy (non-hydrogen) atoms. The molecule has 1 fully saturated rings. The maximum atomic E-state index is 12.5. The number of benzene rings is 2. The average molecular weight is 373 g/mol. The van der Waals surface area contributed by atoms with Crippen LogP contribution in [0.15, 0.2) is 79.1 Å². The Morgan fingerprint density at radius 1 is 0.857 bits per heavy atom. The van der Waals surface area contributed by atoms with Crippen LogP contribution < -0.4 is 4.74 Å². The number of piperazine rings is 1. The van der Waals surface area contributed by atoms with E-state index >= 15 is 0 Å². The van der Waals surface area contributed by atoms with Crippen molar-refractivity contribution in [1.29, 1.82) is 0 Å². The first-order valence-electron chi connectivity index (χ1n) is 9.51. The summed E-state index contributed by atoms with van der Waals surface area (Å²) >= 11 is 0. The fourth-order valence-electron chi connectivity index (χ4n) is 3.38. The molecule has 2 heterocycles. The van der Waals surface area contributed by atoms with E-state index in [1.54, 1.807) is 24.5 Å². The minimum Gasteiger partial charge on any atom is -0.457 e. The fourth-order valence-corrected chi connectivity index (χ4v) is 3.38. The van der Waals surface area contributed by atoms with Gasteiger partial charge in [-0.15, -0.1) is 0 Å². The number of nitrogens with zero attached hydrogens (tertiary/aromatic N) is 3. The summed E-state index contributed by atoms with van der Waals surface area (Å²) in [4.78, 5) is 20.8. The lowest BCUT2D eigenvalue weighted by Crippen LogP contribution is -2.48. The Labute approximate surface area is 165 Å². The van der Waals surface area contributed by atoms with Crippen molar-refractivity contribution in [3.8, 4) is 11.5 Å². The van der Waals surface area contributed by atoms with E-state index in [1.165, 1.54) is 5.56 Å². The zero-order chi connectivity index (χ0) is 19.2. The number of para-hydroxylation sites is 1. The standard InChI is InChI=1S/C23H23N3O2/c27-23(20-9-11-24-12-10-20)26-15-13-25(14-16-26)18-19-5-4-8-22(17-19)28-21-6-2-1-3-7-21/h1-12,17H,13-16,18H2. The highest BCUT2D eigenvalue weighted by molar-refractivity contribution is 5.94. The van der Waals surface area contributed by atoms with Crippen LogP contribution in [-0.2, 0) is 6.54 Å². The van der Waals surface area contributed by atoms with Crippen LogP contribution in [0.4, 0.5) is 0 Å². The predicted molar refractivity (Wildman–Crippen MR) is 108 cm³/mol. The number of aromatic nitrogens is 1. The molecule has 1 saturated heterocycles. The highest BCUT2D eigenvalue weighted by Gasteiger charge is 2.22. The molecule has 4 rings (SSSR count). The van der Waals surface area contributed by atoms with Crippen molar-refractivity contribution in [3.63, 3.8) is 0 Å². The van der Waals surface area contributed by atoms with Crippen molar-refractivity contribution >= 4 is 5.91 Å². The summed E-state index contributed by atoms with van der Waals surface area (Å²) < 4.78 is 5.93. The van der Waals surface area contributed by atoms with Gasteiger partial charge in [-0.1, -0.05) is 30.3 Å². The monoisotopic (exact) mass is 373 g/mol. The number of pyridine rings is 1. The quantitative estimate of drug-likeness (QED) is 0.682. The molecule has 1 amide bonds. The van der Waals surface area contributed by atoms with Crippen LogP contribution in [0.5, 0.6) is 11.5 Å². The highest BCUT2D eigenvalue weighted by atomic mass is 16.5. The molecule has 0 N–H and O–H groups in total. The third kappa shape index (κ3) is 4.56. The van der Waals surface area contributed by atoms with Crippen molar-refractivity contribution in [2.75, 3.05) is 26.2 Å². The van der Waals surface area contributed by atoms with Crippen LogP contribution in [0.2, 0.25) is 0 Å². The fraction of sp³-hybridized carbons (Fsp3) is 0.217. The molecule has 0 saturated carbocycles. The second-order valence-corrected chi connectivity index (χ2v) is 6.87. The summed E-state index contributed by atoms with van der Waals surface area (Å²) in [5.74, 6) is 1.76. The summed E-state index contributed by atoms with van der Waals surface area (Å²) in [6, 6.07) is 21.5. The first-order valence-corrected chi connectivity index (χ1v) is 9.51. The molecule has 3 aromatic rings. The van der Waals surface area contributed by atoms with Gasteiger partial charge in [0.25, 0.3) is 5.91 Å². The van der Waals surface area contributed by atoms with Gasteiger partial charge in [-0.25, -0.2) is 0 Å². The van der Waals surface area contributed by atoms with E-state index in [0.29, 0.717) is 5.56 Å². The van der Waals surface area contributed by atoms with Crippen LogP contribution >= 0.6 is 0 Å². The maximum absolute atomic E-state index is 12.5. The van der Waals surface area contributed by atoms with Gasteiger partial charge in [0, 0.05) is 50.7 Å². The Hall–Kier alpha value is -3.18. The molecule has 1 aliphatic heterocycles. The van der Waals surface area contributed by atoms with Gasteiger partial charge in [-0.05, 0) is 42.0 Å². The normalized spacial score (nSPS) is 14.6.